The van der Waals surface area contributed by atoms with E-state index in [0.29, 0.717) is 11.6 Å². The summed E-state index contributed by atoms with van der Waals surface area (Å²) in [6.07, 6.45) is 1.73. The highest BCUT2D eigenvalue weighted by Crippen LogP contribution is 2.21. The summed E-state index contributed by atoms with van der Waals surface area (Å²) >= 11 is 6.12. The van der Waals surface area contributed by atoms with Gasteiger partial charge in [0, 0.05) is 17.6 Å². The first-order valence-corrected chi connectivity index (χ1v) is 7.18. The lowest BCUT2D eigenvalue weighted by molar-refractivity contribution is -0.385. The number of nitrogens with zero attached hydrogens (tertiary/aromatic N) is 3. The molecule has 0 aliphatic heterocycles. The molecule has 0 radical (unpaired) electrons. The predicted molar refractivity (Wildman–Crippen MR) is 82.8 cm³/mol. The quantitative estimate of drug-likeness (QED) is 0.601. The molecule has 2 aromatic rings. The van der Waals surface area contributed by atoms with E-state index in [1.54, 1.807) is 0 Å². The Balaban J connectivity index is 1.85. The maximum absolute atomic E-state index is 10.6. The van der Waals surface area contributed by atoms with Crippen molar-refractivity contribution in [3.8, 4) is 0 Å². The zero-order valence-corrected chi connectivity index (χ0v) is 12.8. The number of aliphatic hydroxyl groups excluding tert-OH is 1. The molecular formula is C14H17ClN4O3. The Kier molecular flexibility index (Phi) is 5.48. The van der Waals surface area contributed by atoms with Crippen LogP contribution in [0, 0.1) is 10.1 Å². The lowest BCUT2D eigenvalue weighted by Crippen LogP contribution is -2.32. The van der Waals surface area contributed by atoms with Crippen LogP contribution in [0.3, 0.4) is 0 Å². The fourth-order valence-corrected chi connectivity index (χ4v) is 2.38. The third-order valence-electron chi connectivity index (χ3n) is 3.26. The van der Waals surface area contributed by atoms with Crippen LogP contribution >= 0.6 is 11.6 Å². The van der Waals surface area contributed by atoms with Crippen LogP contribution in [0.15, 0.2) is 36.7 Å². The Labute approximate surface area is 132 Å². The number of aromatic nitrogens is 2. The standard InChI is InChI=1S/C14H17ClN4O3/c1-10(13-4-2-3-5-14(13)15)16-7-12(20)9-18-8-11(6-17-18)19(21)22/h2-6,8,10,12,16,20H,7,9H2,1H3. The van der Waals surface area contributed by atoms with Gasteiger partial charge in [-0.15, -0.1) is 0 Å². The van der Waals surface area contributed by atoms with Crippen molar-refractivity contribution in [3.05, 3.63) is 57.4 Å². The van der Waals surface area contributed by atoms with Gasteiger partial charge in [-0.2, -0.15) is 5.10 Å². The van der Waals surface area contributed by atoms with Gasteiger partial charge in [0.2, 0.25) is 0 Å². The van der Waals surface area contributed by atoms with Crippen LogP contribution in [-0.4, -0.2) is 32.5 Å². The first kappa shape index (κ1) is 16.4. The predicted octanol–water partition coefficient (Wildman–Crippen LogP) is 2.16. The van der Waals surface area contributed by atoms with Crippen molar-refractivity contribution in [2.75, 3.05) is 6.54 Å². The summed E-state index contributed by atoms with van der Waals surface area (Å²) in [6.45, 7) is 2.45. The molecule has 2 atom stereocenters. The van der Waals surface area contributed by atoms with E-state index < -0.39 is 11.0 Å². The first-order chi connectivity index (χ1) is 10.5. The minimum atomic E-state index is -0.718. The highest BCUT2D eigenvalue weighted by Gasteiger charge is 2.14. The van der Waals surface area contributed by atoms with Gasteiger partial charge >= 0.3 is 5.69 Å². The third-order valence-corrected chi connectivity index (χ3v) is 3.60. The molecule has 7 nitrogen and oxygen atoms in total. The van der Waals surface area contributed by atoms with E-state index in [4.69, 9.17) is 11.6 Å². The molecular weight excluding hydrogens is 308 g/mol. The van der Waals surface area contributed by atoms with E-state index in [0.717, 1.165) is 11.8 Å². The normalized spacial score (nSPS) is 13.8. The van der Waals surface area contributed by atoms with Gasteiger partial charge in [0.25, 0.3) is 0 Å². The van der Waals surface area contributed by atoms with E-state index in [9.17, 15) is 15.2 Å². The number of aliphatic hydroxyl groups is 1. The second kappa shape index (κ2) is 7.35. The number of benzene rings is 1. The lowest BCUT2D eigenvalue weighted by Gasteiger charge is -2.18. The van der Waals surface area contributed by atoms with Gasteiger partial charge in [-0.3, -0.25) is 14.8 Å². The number of hydrogen-bond acceptors (Lipinski definition) is 5. The molecule has 2 unspecified atom stereocenters. The summed E-state index contributed by atoms with van der Waals surface area (Å²) in [5.41, 5.74) is 0.857. The van der Waals surface area contributed by atoms with Crippen LogP contribution in [0.25, 0.3) is 0 Å². The van der Waals surface area contributed by atoms with Crippen LogP contribution in [0.4, 0.5) is 5.69 Å². The second-order valence-electron chi connectivity index (χ2n) is 4.98. The largest absolute Gasteiger partial charge is 0.390 e. The van der Waals surface area contributed by atoms with E-state index >= 15 is 0 Å². The third kappa shape index (κ3) is 4.27. The van der Waals surface area contributed by atoms with Crippen molar-refractivity contribution in [3.63, 3.8) is 0 Å². The molecule has 0 spiro atoms. The summed E-state index contributed by atoms with van der Waals surface area (Å²) in [5, 5.41) is 28.2. The first-order valence-electron chi connectivity index (χ1n) is 6.80. The summed E-state index contributed by atoms with van der Waals surface area (Å²) in [5.74, 6) is 0. The van der Waals surface area contributed by atoms with Gasteiger partial charge in [0.05, 0.1) is 17.6 Å². The molecule has 1 heterocycles. The molecule has 2 rings (SSSR count). The number of hydrogen-bond donors (Lipinski definition) is 2. The van der Waals surface area contributed by atoms with Gasteiger partial charge < -0.3 is 10.4 Å². The van der Waals surface area contributed by atoms with Crippen LogP contribution in [0.5, 0.6) is 0 Å². The van der Waals surface area contributed by atoms with E-state index in [-0.39, 0.29) is 18.3 Å². The maximum atomic E-state index is 10.6. The van der Waals surface area contributed by atoms with Gasteiger partial charge in [0.1, 0.15) is 12.4 Å². The fraction of sp³-hybridized carbons (Fsp3) is 0.357. The lowest BCUT2D eigenvalue weighted by atomic mass is 10.1. The fourth-order valence-electron chi connectivity index (χ4n) is 2.08. The second-order valence-corrected chi connectivity index (χ2v) is 5.39. The topological polar surface area (TPSA) is 93.2 Å². The molecule has 0 saturated heterocycles. The molecule has 1 aromatic carbocycles. The van der Waals surface area contributed by atoms with E-state index in [2.05, 4.69) is 10.4 Å². The number of nitrogens with one attached hydrogen (secondary N) is 1. The molecule has 0 fully saturated rings. The van der Waals surface area contributed by atoms with Crippen molar-refractivity contribution in [1.29, 1.82) is 0 Å². The zero-order valence-electron chi connectivity index (χ0n) is 12.0. The minimum Gasteiger partial charge on any atom is -0.390 e. The Hall–Kier alpha value is -1.96. The van der Waals surface area contributed by atoms with Crippen molar-refractivity contribution in [2.24, 2.45) is 0 Å². The Morgan fingerprint density at radius 2 is 2.23 bits per heavy atom. The summed E-state index contributed by atoms with van der Waals surface area (Å²) in [6, 6.07) is 7.48. The summed E-state index contributed by atoms with van der Waals surface area (Å²) in [4.78, 5) is 10.0. The number of nitro groups is 1. The average Bonchev–Trinajstić information content (AvgIpc) is 2.94. The molecule has 1 aromatic heterocycles. The van der Waals surface area contributed by atoms with Crippen molar-refractivity contribution in [1.82, 2.24) is 15.1 Å². The van der Waals surface area contributed by atoms with Crippen LogP contribution in [-0.2, 0) is 6.54 Å². The zero-order chi connectivity index (χ0) is 16.1. The van der Waals surface area contributed by atoms with Crippen molar-refractivity contribution >= 4 is 17.3 Å². The molecule has 22 heavy (non-hydrogen) atoms. The molecule has 0 aliphatic rings. The molecule has 8 heteroatoms. The Morgan fingerprint density at radius 1 is 1.50 bits per heavy atom. The minimum absolute atomic E-state index is 0.0182. The smallest absolute Gasteiger partial charge is 0.306 e. The van der Waals surface area contributed by atoms with Gasteiger partial charge in [-0.1, -0.05) is 29.8 Å². The van der Waals surface area contributed by atoms with E-state index in [1.807, 2.05) is 31.2 Å². The maximum Gasteiger partial charge on any atom is 0.306 e. The summed E-state index contributed by atoms with van der Waals surface area (Å²) in [7, 11) is 0. The highest BCUT2D eigenvalue weighted by molar-refractivity contribution is 6.31. The molecule has 0 aliphatic carbocycles. The van der Waals surface area contributed by atoms with Gasteiger partial charge in [-0.05, 0) is 18.6 Å². The van der Waals surface area contributed by atoms with Crippen LogP contribution in [0.2, 0.25) is 5.02 Å². The van der Waals surface area contributed by atoms with Gasteiger partial charge in [-0.25, -0.2) is 0 Å². The average molecular weight is 325 g/mol. The molecule has 0 saturated carbocycles. The molecule has 0 amide bonds. The molecule has 2 N–H and O–H groups in total. The van der Waals surface area contributed by atoms with E-state index in [1.165, 1.54) is 10.9 Å². The van der Waals surface area contributed by atoms with Crippen LogP contribution < -0.4 is 5.32 Å². The highest BCUT2D eigenvalue weighted by atomic mass is 35.5. The Bertz CT molecular complexity index is 647. The monoisotopic (exact) mass is 324 g/mol. The molecule has 118 valence electrons. The number of halogens is 1. The summed E-state index contributed by atoms with van der Waals surface area (Å²) < 4.78 is 1.35. The SMILES string of the molecule is CC(NCC(O)Cn1cc([N+](=O)[O-])cn1)c1ccccc1Cl. The van der Waals surface area contributed by atoms with Gasteiger partial charge in [0.15, 0.2) is 0 Å². The van der Waals surface area contributed by atoms with Crippen molar-refractivity contribution < 1.29 is 10.0 Å². The number of rotatable bonds is 7. The molecule has 0 bridgehead atoms. The van der Waals surface area contributed by atoms with Crippen molar-refractivity contribution in [2.45, 2.75) is 25.6 Å². The van der Waals surface area contributed by atoms with Crippen LogP contribution in [0.1, 0.15) is 18.5 Å². The Morgan fingerprint density at radius 3 is 2.86 bits per heavy atom.